The predicted molar refractivity (Wildman–Crippen MR) is 123 cm³/mol. The van der Waals surface area contributed by atoms with Crippen LogP contribution in [0.4, 0.5) is 10.2 Å². The molecular formula is C24H27FN6O2. The molecule has 1 N–H and O–H groups in total. The summed E-state index contributed by atoms with van der Waals surface area (Å²) < 4.78 is 29.1. The second-order valence-electron chi connectivity index (χ2n) is 8.46. The summed E-state index contributed by atoms with van der Waals surface area (Å²) in [4.78, 5) is 4.76. The van der Waals surface area contributed by atoms with Crippen LogP contribution in [0.25, 0.3) is 16.8 Å². The Balaban J connectivity index is 1.36. The first-order chi connectivity index (χ1) is 16.1. The minimum Gasteiger partial charge on any atom is -0.493 e. The van der Waals surface area contributed by atoms with Gasteiger partial charge in [-0.2, -0.15) is 10.2 Å². The Morgan fingerprint density at radius 3 is 2.85 bits per heavy atom. The molecule has 0 bridgehead atoms. The van der Waals surface area contributed by atoms with Crippen molar-refractivity contribution >= 4 is 11.5 Å². The molecule has 8 nitrogen and oxygen atoms in total. The van der Waals surface area contributed by atoms with Gasteiger partial charge >= 0.3 is 0 Å². The van der Waals surface area contributed by atoms with Gasteiger partial charge in [-0.1, -0.05) is 0 Å². The van der Waals surface area contributed by atoms with Gasteiger partial charge in [0.1, 0.15) is 17.4 Å². The third-order valence-electron chi connectivity index (χ3n) is 6.00. The monoisotopic (exact) mass is 450 g/mol. The number of ether oxygens (including phenoxy) is 2. The Bertz CT molecular complexity index is 1250. The summed E-state index contributed by atoms with van der Waals surface area (Å²) in [5.41, 5.74) is 3.31. The van der Waals surface area contributed by atoms with Gasteiger partial charge in [-0.15, -0.1) is 0 Å². The van der Waals surface area contributed by atoms with Crippen LogP contribution in [0.3, 0.4) is 0 Å². The summed E-state index contributed by atoms with van der Waals surface area (Å²) in [7, 11) is 1.87. The van der Waals surface area contributed by atoms with Crippen molar-refractivity contribution in [2.75, 3.05) is 25.1 Å². The van der Waals surface area contributed by atoms with Crippen molar-refractivity contribution in [3.05, 3.63) is 60.4 Å². The summed E-state index contributed by atoms with van der Waals surface area (Å²) in [6.07, 6.45) is 9.32. The lowest BCUT2D eigenvalue weighted by Crippen LogP contribution is -2.22. The van der Waals surface area contributed by atoms with E-state index in [0.29, 0.717) is 24.1 Å². The number of hydrogen-bond acceptors (Lipinski definition) is 6. The minimum absolute atomic E-state index is 0.217. The molecule has 1 unspecified atom stereocenters. The molecule has 0 radical (unpaired) electrons. The van der Waals surface area contributed by atoms with Crippen LogP contribution in [-0.4, -0.2) is 44.2 Å². The lowest BCUT2D eigenvalue weighted by atomic mass is 10.0. The average Bonchev–Trinajstić information content (AvgIpc) is 3.44. The molecular weight excluding hydrogens is 423 g/mol. The Kier molecular flexibility index (Phi) is 5.95. The van der Waals surface area contributed by atoms with Gasteiger partial charge in [0.15, 0.2) is 5.65 Å². The Morgan fingerprint density at radius 1 is 1.21 bits per heavy atom. The second kappa shape index (κ2) is 9.19. The fraction of sp³-hybridized carbons (Fsp3) is 0.375. The molecule has 1 aromatic carbocycles. The number of aryl methyl sites for hydroxylation is 1. The molecule has 0 aliphatic carbocycles. The van der Waals surface area contributed by atoms with Gasteiger partial charge in [0.2, 0.25) is 0 Å². The van der Waals surface area contributed by atoms with E-state index in [9.17, 15) is 4.39 Å². The number of nitrogens with zero attached hydrogens (tertiary/aromatic N) is 5. The first kappa shape index (κ1) is 21.4. The highest BCUT2D eigenvalue weighted by Gasteiger charge is 2.18. The number of anilines is 1. The van der Waals surface area contributed by atoms with Crippen molar-refractivity contribution < 1.29 is 13.9 Å². The van der Waals surface area contributed by atoms with E-state index < -0.39 is 0 Å². The van der Waals surface area contributed by atoms with E-state index in [1.165, 1.54) is 12.1 Å². The number of nitrogens with one attached hydrogen (secondary N) is 1. The fourth-order valence-corrected chi connectivity index (χ4v) is 4.12. The van der Waals surface area contributed by atoms with Gasteiger partial charge in [0, 0.05) is 49.3 Å². The Hall–Kier alpha value is -3.46. The van der Waals surface area contributed by atoms with Crippen LogP contribution in [0.15, 0.2) is 49.1 Å². The molecule has 0 spiro atoms. The highest BCUT2D eigenvalue weighted by Crippen LogP contribution is 2.30. The van der Waals surface area contributed by atoms with Crippen molar-refractivity contribution in [2.24, 2.45) is 13.0 Å². The molecule has 1 saturated heterocycles. The molecule has 33 heavy (non-hydrogen) atoms. The molecule has 1 aliphatic heterocycles. The molecule has 0 amide bonds. The third kappa shape index (κ3) is 4.68. The maximum Gasteiger partial charge on any atom is 0.165 e. The largest absolute Gasteiger partial charge is 0.493 e. The lowest BCUT2D eigenvalue weighted by molar-refractivity contribution is 0.0496. The van der Waals surface area contributed by atoms with Gasteiger partial charge in [0.25, 0.3) is 0 Å². The van der Waals surface area contributed by atoms with E-state index in [2.05, 4.69) is 15.5 Å². The normalized spacial score (nSPS) is 15.6. The number of hydrogen-bond donors (Lipinski definition) is 1. The summed E-state index contributed by atoms with van der Waals surface area (Å²) >= 11 is 0. The number of fused-ring (bicyclic) bond motifs is 1. The molecule has 1 fully saturated rings. The van der Waals surface area contributed by atoms with Crippen LogP contribution in [0, 0.1) is 11.7 Å². The third-order valence-corrected chi connectivity index (χ3v) is 6.00. The summed E-state index contributed by atoms with van der Waals surface area (Å²) in [5.74, 6) is 1.51. The maximum absolute atomic E-state index is 14.1. The smallest absolute Gasteiger partial charge is 0.165 e. The van der Waals surface area contributed by atoms with Crippen LogP contribution < -0.4 is 10.1 Å². The van der Waals surface area contributed by atoms with Gasteiger partial charge < -0.3 is 14.8 Å². The Morgan fingerprint density at radius 2 is 2.06 bits per heavy atom. The Labute approximate surface area is 191 Å². The van der Waals surface area contributed by atoms with Gasteiger partial charge in [0.05, 0.1) is 25.0 Å². The molecule has 9 heteroatoms. The minimum atomic E-state index is -0.296. The zero-order valence-corrected chi connectivity index (χ0v) is 18.7. The van der Waals surface area contributed by atoms with E-state index in [4.69, 9.17) is 14.5 Å². The molecule has 5 rings (SSSR count). The molecule has 3 aromatic heterocycles. The first-order valence-electron chi connectivity index (χ1n) is 11.2. The maximum atomic E-state index is 14.1. The van der Waals surface area contributed by atoms with E-state index in [0.717, 1.165) is 48.4 Å². The highest BCUT2D eigenvalue weighted by atomic mass is 19.1. The lowest BCUT2D eigenvalue weighted by Gasteiger charge is -2.24. The van der Waals surface area contributed by atoms with Crippen molar-refractivity contribution in [1.29, 1.82) is 0 Å². The standard InChI is InChI=1S/C24H27FN6O2/c1-16(20-11-19(25)3-4-22(20)33-15-17-6-9-32-10-7-17)28-23-5-8-31-24(29-23)21(13-27-31)18-12-26-30(2)14-18/h3-5,8,11-14,16-17H,6-7,9-10,15H2,1-2H3,(H,28,29). The van der Waals surface area contributed by atoms with Crippen molar-refractivity contribution in [1.82, 2.24) is 24.4 Å². The predicted octanol–water partition coefficient (Wildman–Crippen LogP) is 4.25. The zero-order valence-electron chi connectivity index (χ0n) is 18.7. The van der Waals surface area contributed by atoms with E-state index in [1.807, 2.05) is 32.4 Å². The van der Waals surface area contributed by atoms with E-state index in [1.54, 1.807) is 27.7 Å². The van der Waals surface area contributed by atoms with Gasteiger partial charge in [-0.3, -0.25) is 4.68 Å². The van der Waals surface area contributed by atoms with Crippen LogP contribution in [0.2, 0.25) is 0 Å². The van der Waals surface area contributed by atoms with Crippen LogP contribution in [-0.2, 0) is 11.8 Å². The summed E-state index contributed by atoms with van der Waals surface area (Å²) in [6.45, 7) is 4.11. The van der Waals surface area contributed by atoms with Crippen molar-refractivity contribution in [3.63, 3.8) is 0 Å². The molecule has 172 valence electrons. The zero-order chi connectivity index (χ0) is 22.8. The van der Waals surface area contributed by atoms with E-state index >= 15 is 0 Å². The second-order valence-corrected chi connectivity index (χ2v) is 8.46. The topological polar surface area (TPSA) is 78.5 Å². The number of aromatic nitrogens is 5. The number of rotatable bonds is 7. The molecule has 1 atom stereocenters. The van der Waals surface area contributed by atoms with Crippen molar-refractivity contribution in [2.45, 2.75) is 25.8 Å². The number of halogens is 1. The van der Waals surface area contributed by atoms with Crippen LogP contribution in [0.1, 0.15) is 31.4 Å². The molecule has 1 aliphatic rings. The van der Waals surface area contributed by atoms with Crippen LogP contribution in [0.5, 0.6) is 5.75 Å². The summed E-state index contributed by atoms with van der Waals surface area (Å²) in [6, 6.07) is 6.30. The fourth-order valence-electron chi connectivity index (χ4n) is 4.12. The highest BCUT2D eigenvalue weighted by molar-refractivity contribution is 5.76. The van der Waals surface area contributed by atoms with Gasteiger partial charge in [-0.05, 0) is 49.9 Å². The first-order valence-corrected chi connectivity index (χ1v) is 11.2. The van der Waals surface area contributed by atoms with Gasteiger partial charge in [-0.25, -0.2) is 13.9 Å². The number of benzene rings is 1. The quantitative estimate of drug-likeness (QED) is 0.454. The van der Waals surface area contributed by atoms with Crippen molar-refractivity contribution in [3.8, 4) is 16.9 Å². The summed E-state index contributed by atoms with van der Waals surface area (Å²) in [5, 5.41) is 12.0. The SMILES string of the molecule is CC(Nc1ccn2ncc(-c3cnn(C)c3)c2n1)c1cc(F)ccc1OCC1CCOCC1. The average molecular weight is 451 g/mol. The van der Waals surface area contributed by atoms with E-state index in [-0.39, 0.29) is 11.9 Å². The molecule has 4 heterocycles. The molecule has 0 saturated carbocycles. The van der Waals surface area contributed by atoms with Crippen LogP contribution >= 0.6 is 0 Å². The molecule has 4 aromatic rings.